The molecule has 0 aliphatic rings. The minimum atomic E-state index is -0.723. The highest BCUT2D eigenvalue weighted by molar-refractivity contribution is 5.70. The first-order valence-electron chi connectivity index (χ1n) is 7.14. The van der Waals surface area contributed by atoms with E-state index in [0.29, 0.717) is 12.8 Å². The van der Waals surface area contributed by atoms with Crippen molar-refractivity contribution in [2.75, 3.05) is 7.11 Å². The summed E-state index contributed by atoms with van der Waals surface area (Å²) in [6.07, 6.45) is 7.24. The molecule has 0 aromatic heterocycles. The van der Waals surface area contributed by atoms with Crippen LogP contribution in [0.5, 0.6) is 5.75 Å². The van der Waals surface area contributed by atoms with Gasteiger partial charge in [0.25, 0.3) is 0 Å². The monoisotopic (exact) mass is 276 g/mol. The fourth-order valence-electron chi connectivity index (χ4n) is 2.31. The third kappa shape index (κ3) is 5.47. The largest absolute Gasteiger partial charge is 0.496 e. The smallest absolute Gasteiger partial charge is 0.306 e. The lowest BCUT2D eigenvalue weighted by Crippen LogP contribution is -2.17. The standard InChI is InChI=1S/C17H24O3/c1-3-4-5-6-7-11-15(17(18)19)13-14-10-8-9-12-16(14)20-2/h3,8-10,12,15H,1,4-7,11,13H2,2H3,(H,18,19). The predicted molar refractivity (Wildman–Crippen MR) is 81.1 cm³/mol. The van der Waals surface area contributed by atoms with Gasteiger partial charge in [-0.3, -0.25) is 4.79 Å². The number of ether oxygens (including phenoxy) is 1. The lowest BCUT2D eigenvalue weighted by molar-refractivity contribution is -0.142. The quantitative estimate of drug-likeness (QED) is 0.517. The van der Waals surface area contributed by atoms with Crippen molar-refractivity contribution in [2.24, 2.45) is 5.92 Å². The van der Waals surface area contributed by atoms with Gasteiger partial charge in [0, 0.05) is 0 Å². The predicted octanol–water partition coefficient (Wildman–Crippen LogP) is 4.08. The van der Waals surface area contributed by atoms with Crippen LogP contribution < -0.4 is 4.74 Å². The highest BCUT2D eigenvalue weighted by Crippen LogP contribution is 2.23. The van der Waals surface area contributed by atoms with Gasteiger partial charge in [-0.15, -0.1) is 6.58 Å². The molecule has 1 atom stereocenters. The van der Waals surface area contributed by atoms with Crippen molar-refractivity contribution in [1.29, 1.82) is 0 Å². The van der Waals surface area contributed by atoms with Crippen LogP contribution >= 0.6 is 0 Å². The van der Waals surface area contributed by atoms with Crippen LogP contribution in [-0.4, -0.2) is 18.2 Å². The molecule has 0 fully saturated rings. The van der Waals surface area contributed by atoms with Crippen molar-refractivity contribution in [1.82, 2.24) is 0 Å². The van der Waals surface area contributed by atoms with E-state index in [1.54, 1.807) is 7.11 Å². The molecular formula is C17H24O3. The number of hydrogen-bond acceptors (Lipinski definition) is 2. The minimum absolute atomic E-state index is 0.338. The average Bonchev–Trinajstić information content (AvgIpc) is 2.46. The summed E-state index contributed by atoms with van der Waals surface area (Å²) < 4.78 is 5.28. The zero-order valence-corrected chi connectivity index (χ0v) is 12.2. The molecule has 1 aromatic rings. The van der Waals surface area contributed by atoms with Crippen molar-refractivity contribution in [3.05, 3.63) is 42.5 Å². The van der Waals surface area contributed by atoms with Crippen LogP contribution in [0.15, 0.2) is 36.9 Å². The second-order valence-corrected chi connectivity index (χ2v) is 4.98. The maximum Gasteiger partial charge on any atom is 0.306 e. The molecule has 0 saturated carbocycles. The fourth-order valence-corrected chi connectivity index (χ4v) is 2.31. The van der Waals surface area contributed by atoms with E-state index >= 15 is 0 Å². The molecule has 3 heteroatoms. The van der Waals surface area contributed by atoms with E-state index in [9.17, 15) is 9.90 Å². The van der Waals surface area contributed by atoms with Gasteiger partial charge >= 0.3 is 5.97 Å². The van der Waals surface area contributed by atoms with Gasteiger partial charge in [0.2, 0.25) is 0 Å². The van der Waals surface area contributed by atoms with Crippen LogP contribution in [0.2, 0.25) is 0 Å². The highest BCUT2D eigenvalue weighted by atomic mass is 16.5. The Hall–Kier alpha value is -1.77. The van der Waals surface area contributed by atoms with Crippen molar-refractivity contribution < 1.29 is 14.6 Å². The van der Waals surface area contributed by atoms with Crippen molar-refractivity contribution >= 4 is 5.97 Å². The summed E-state index contributed by atoms with van der Waals surface area (Å²) >= 11 is 0. The van der Waals surface area contributed by atoms with Gasteiger partial charge in [0.05, 0.1) is 13.0 Å². The molecule has 110 valence electrons. The number of allylic oxidation sites excluding steroid dienone is 1. The molecule has 1 aromatic carbocycles. The van der Waals surface area contributed by atoms with Crippen LogP contribution in [0, 0.1) is 5.92 Å². The highest BCUT2D eigenvalue weighted by Gasteiger charge is 2.19. The maximum atomic E-state index is 11.4. The molecule has 1 rings (SSSR count). The lowest BCUT2D eigenvalue weighted by atomic mass is 9.93. The SMILES string of the molecule is C=CCCCCCC(Cc1ccccc1OC)C(=O)O. The van der Waals surface area contributed by atoms with Gasteiger partial charge in [-0.05, 0) is 37.3 Å². The molecule has 0 amide bonds. The lowest BCUT2D eigenvalue weighted by Gasteiger charge is -2.14. The number of unbranched alkanes of at least 4 members (excludes halogenated alkanes) is 3. The summed E-state index contributed by atoms with van der Waals surface area (Å²) in [6.45, 7) is 3.69. The van der Waals surface area contributed by atoms with Gasteiger partial charge in [-0.2, -0.15) is 0 Å². The molecule has 1 unspecified atom stereocenters. The van der Waals surface area contributed by atoms with Gasteiger partial charge in [0.15, 0.2) is 0 Å². The fraction of sp³-hybridized carbons (Fsp3) is 0.471. The van der Waals surface area contributed by atoms with Gasteiger partial charge < -0.3 is 9.84 Å². The number of benzene rings is 1. The Morgan fingerprint density at radius 2 is 2.10 bits per heavy atom. The topological polar surface area (TPSA) is 46.5 Å². The Labute approximate surface area is 121 Å². The Bertz CT molecular complexity index is 426. The molecule has 0 bridgehead atoms. The van der Waals surface area contributed by atoms with E-state index < -0.39 is 5.97 Å². The second-order valence-electron chi connectivity index (χ2n) is 4.98. The van der Waals surface area contributed by atoms with Crippen molar-refractivity contribution in [2.45, 2.75) is 38.5 Å². The van der Waals surface area contributed by atoms with Gasteiger partial charge in [0.1, 0.15) is 5.75 Å². The van der Waals surface area contributed by atoms with E-state index in [-0.39, 0.29) is 5.92 Å². The Morgan fingerprint density at radius 3 is 2.75 bits per heavy atom. The number of rotatable bonds is 10. The molecule has 0 aliphatic carbocycles. The third-order valence-electron chi connectivity index (χ3n) is 3.47. The number of methoxy groups -OCH3 is 1. The summed E-state index contributed by atoms with van der Waals surface area (Å²) in [5.74, 6) is -0.292. The summed E-state index contributed by atoms with van der Waals surface area (Å²) in [4.78, 5) is 11.4. The van der Waals surface area contributed by atoms with Crippen molar-refractivity contribution in [3.8, 4) is 5.75 Å². The van der Waals surface area contributed by atoms with Gasteiger partial charge in [-0.25, -0.2) is 0 Å². The first kappa shape index (κ1) is 16.3. The number of carboxylic acid groups (broad SMARTS) is 1. The number of carbonyl (C=O) groups is 1. The molecule has 0 heterocycles. The number of aliphatic carboxylic acids is 1. The first-order valence-corrected chi connectivity index (χ1v) is 7.14. The molecule has 0 saturated heterocycles. The number of hydrogen-bond donors (Lipinski definition) is 1. The van der Waals surface area contributed by atoms with Gasteiger partial charge in [-0.1, -0.05) is 37.1 Å². The van der Waals surface area contributed by atoms with E-state index in [2.05, 4.69) is 6.58 Å². The number of carboxylic acids is 1. The summed E-state index contributed by atoms with van der Waals surface area (Å²) in [5.41, 5.74) is 0.966. The normalized spacial score (nSPS) is 11.8. The molecule has 0 radical (unpaired) electrons. The Balaban J connectivity index is 2.54. The van der Waals surface area contributed by atoms with E-state index in [4.69, 9.17) is 4.74 Å². The number of para-hydroxylation sites is 1. The summed E-state index contributed by atoms with van der Waals surface area (Å²) in [7, 11) is 1.61. The third-order valence-corrected chi connectivity index (χ3v) is 3.47. The molecule has 1 N–H and O–H groups in total. The van der Waals surface area contributed by atoms with Crippen LogP contribution in [-0.2, 0) is 11.2 Å². The summed E-state index contributed by atoms with van der Waals surface area (Å²) in [5, 5.41) is 9.34. The molecule has 0 spiro atoms. The van der Waals surface area contributed by atoms with Crippen molar-refractivity contribution in [3.63, 3.8) is 0 Å². The molecule has 3 nitrogen and oxygen atoms in total. The zero-order chi connectivity index (χ0) is 14.8. The first-order chi connectivity index (χ1) is 9.69. The zero-order valence-electron chi connectivity index (χ0n) is 12.2. The molecular weight excluding hydrogens is 252 g/mol. The maximum absolute atomic E-state index is 11.4. The Morgan fingerprint density at radius 1 is 1.35 bits per heavy atom. The Kier molecular flexibility index (Phi) is 7.48. The average molecular weight is 276 g/mol. The minimum Gasteiger partial charge on any atom is -0.496 e. The molecule has 20 heavy (non-hydrogen) atoms. The molecule has 0 aliphatic heterocycles. The second kappa shape index (κ2) is 9.18. The van der Waals surface area contributed by atoms with Crippen LogP contribution in [0.25, 0.3) is 0 Å². The van der Waals surface area contributed by atoms with Crippen LogP contribution in [0.3, 0.4) is 0 Å². The van der Waals surface area contributed by atoms with Crippen LogP contribution in [0.1, 0.15) is 37.7 Å². The summed E-state index contributed by atoms with van der Waals surface area (Å²) in [6, 6.07) is 7.62. The van der Waals surface area contributed by atoms with Crippen LogP contribution in [0.4, 0.5) is 0 Å². The van der Waals surface area contributed by atoms with E-state index in [1.807, 2.05) is 30.3 Å². The van der Waals surface area contributed by atoms with E-state index in [0.717, 1.165) is 37.0 Å². The van der Waals surface area contributed by atoms with E-state index in [1.165, 1.54) is 0 Å².